The van der Waals surface area contributed by atoms with Crippen LogP contribution < -0.4 is 10.3 Å². The average Bonchev–Trinajstić information content (AvgIpc) is 3.02. The first-order valence-electron chi connectivity index (χ1n) is 7.56. The number of nitrogens with one attached hydrogen (secondary N) is 1. The van der Waals surface area contributed by atoms with Crippen LogP contribution in [0.4, 0.5) is 17.1 Å². The molecule has 1 aliphatic rings. The van der Waals surface area contributed by atoms with E-state index in [-0.39, 0.29) is 23.7 Å². The molecule has 0 spiro atoms. The van der Waals surface area contributed by atoms with Gasteiger partial charge in [-0.15, -0.1) is 0 Å². The van der Waals surface area contributed by atoms with Gasteiger partial charge in [-0.1, -0.05) is 18.2 Å². The molecule has 0 saturated carbocycles. The Labute approximate surface area is 151 Å². The number of nitrogens with zero attached hydrogens (tertiary/aromatic N) is 4. The number of carbonyl (C=O) groups is 2. The van der Waals surface area contributed by atoms with Crippen molar-refractivity contribution in [1.29, 1.82) is 0 Å². The number of para-hydroxylation sites is 1. The second-order valence-corrected chi connectivity index (χ2v) is 5.47. The van der Waals surface area contributed by atoms with Gasteiger partial charge in [0.05, 0.1) is 33.6 Å². The molecule has 136 valence electrons. The van der Waals surface area contributed by atoms with Crippen LogP contribution in [0.5, 0.6) is 0 Å². The van der Waals surface area contributed by atoms with Crippen LogP contribution in [-0.2, 0) is 4.79 Å². The first kappa shape index (κ1) is 17.7. The van der Waals surface area contributed by atoms with Gasteiger partial charge in [-0.3, -0.25) is 29.8 Å². The Hall–Kier alpha value is -4.15. The minimum Gasteiger partial charge on any atom is -0.308 e. The number of nitro groups is 2. The molecule has 0 aromatic heterocycles. The number of non-ortho nitro benzene ring substituents is 2. The normalized spacial score (nSPS) is 13.3. The molecule has 1 heterocycles. The summed E-state index contributed by atoms with van der Waals surface area (Å²) in [6, 6.07) is 11.1. The van der Waals surface area contributed by atoms with Crippen molar-refractivity contribution in [3.63, 3.8) is 0 Å². The highest BCUT2D eigenvalue weighted by molar-refractivity contribution is 6.17. The summed E-state index contributed by atoms with van der Waals surface area (Å²) in [4.78, 5) is 44.6. The van der Waals surface area contributed by atoms with Crippen LogP contribution >= 0.6 is 0 Å². The van der Waals surface area contributed by atoms with Crippen LogP contribution in [0, 0.1) is 20.2 Å². The monoisotopic (exact) mass is 369 g/mol. The Morgan fingerprint density at radius 1 is 1.04 bits per heavy atom. The van der Waals surface area contributed by atoms with Crippen LogP contribution in [0.25, 0.3) is 0 Å². The number of benzene rings is 2. The third kappa shape index (κ3) is 3.76. The van der Waals surface area contributed by atoms with Crippen LogP contribution in [0.2, 0.25) is 0 Å². The molecular weight excluding hydrogens is 358 g/mol. The number of hydrogen-bond donors (Lipinski definition) is 1. The van der Waals surface area contributed by atoms with Crippen LogP contribution in [-0.4, -0.2) is 27.5 Å². The molecule has 11 nitrogen and oxygen atoms in total. The minimum atomic E-state index is -0.844. The summed E-state index contributed by atoms with van der Waals surface area (Å²) in [5.74, 6) is -1.19. The lowest BCUT2D eigenvalue weighted by Gasteiger charge is -2.10. The Morgan fingerprint density at radius 3 is 2.19 bits per heavy atom. The molecule has 0 bridgehead atoms. The van der Waals surface area contributed by atoms with Gasteiger partial charge in [0, 0.05) is 12.1 Å². The lowest BCUT2D eigenvalue weighted by molar-refractivity contribution is -0.394. The molecule has 0 unspecified atom stereocenters. The van der Waals surface area contributed by atoms with Crippen LogP contribution in [0.15, 0.2) is 53.6 Å². The summed E-state index contributed by atoms with van der Waals surface area (Å²) in [6.45, 7) is 0. The molecule has 0 aliphatic carbocycles. The summed E-state index contributed by atoms with van der Waals surface area (Å²) in [7, 11) is 0. The number of hydrazone groups is 1. The van der Waals surface area contributed by atoms with Gasteiger partial charge < -0.3 is 5.32 Å². The van der Waals surface area contributed by atoms with Crippen molar-refractivity contribution in [3.05, 3.63) is 74.3 Å². The molecule has 0 atom stereocenters. The van der Waals surface area contributed by atoms with E-state index in [1.807, 2.05) is 0 Å². The third-order valence-electron chi connectivity index (χ3n) is 3.62. The van der Waals surface area contributed by atoms with Crippen LogP contribution in [0.1, 0.15) is 16.8 Å². The van der Waals surface area contributed by atoms with Gasteiger partial charge >= 0.3 is 0 Å². The molecular formula is C16H11N5O6. The number of carbonyl (C=O) groups excluding carboxylic acids is 2. The van der Waals surface area contributed by atoms with Crippen molar-refractivity contribution in [2.75, 3.05) is 5.01 Å². The second kappa shape index (κ2) is 7.00. The molecule has 11 heteroatoms. The van der Waals surface area contributed by atoms with Gasteiger partial charge in [0.1, 0.15) is 5.84 Å². The molecule has 0 saturated heterocycles. The predicted octanol–water partition coefficient (Wildman–Crippen LogP) is 1.98. The molecule has 2 aromatic rings. The van der Waals surface area contributed by atoms with Crippen LogP contribution in [0.3, 0.4) is 0 Å². The number of rotatable bonds is 4. The molecule has 3 rings (SSSR count). The van der Waals surface area contributed by atoms with E-state index in [0.717, 1.165) is 23.2 Å². The summed E-state index contributed by atoms with van der Waals surface area (Å²) < 4.78 is 0. The van der Waals surface area contributed by atoms with Crippen molar-refractivity contribution >= 4 is 34.7 Å². The van der Waals surface area contributed by atoms with Crippen molar-refractivity contribution in [2.45, 2.75) is 6.42 Å². The number of hydrogen-bond acceptors (Lipinski definition) is 7. The topological polar surface area (TPSA) is 148 Å². The Morgan fingerprint density at radius 2 is 1.63 bits per heavy atom. The Balaban J connectivity index is 1.84. The van der Waals surface area contributed by atoms with Crippen molar-refractivity contribution in [1.82, 2.24) is 5.32 Å². The summed E-state index contributed by atoms with van der Waals surface area (Å²) in [5.41, 5.74) is -0.962. The summed E-state index contributed by atoms with van der Waals surface area (Å²) in [5, 5.41) is 29.3. The molecule has 2 aromatic carbocycles. The highest BCUT2D eigenvalue weighted by Crippen LogP contribution is 2.23. The number of amidine groups is 1. The average molecular weight is 369 g/mol. The van der Waals surface area contributed by atoms with E-state index in [2.05, 4.69) is 10.4 Å². The fraction of sp³-hybridized carbons (Fsp3) is 0.0625. The van der Waals surface area contributed by atoms with Crippen molar-refractivity contribution < 1.29 is 19.4 Å². The van der Waals surface area contributed by atoms with Gasteiger partial charge in [-0.05, 0) is 12.1 Å². The molecule has 27 heavy (non-hydrogen) atoms. The maximum Gasteiger partial charge on any atom is 0.277 e. The zero-order valence-corrected chi connectivity index (χ0v) is 13.6. The Bertz CT molecular complexity index is 956. The predicted molar refractivity (Wildman–Crippen MR) is 93.2 cm³/mol. The summed E-state index contributed by atoms with van der Waals surface area (Å²) in [6.07, 6.45) is -0.183. The second-order valence-electron chi connectivity index (χ2n) is 5.47. The van der Waals surface area contributed by atoms with E-state index in [0.29, 0.717) is 5.69 Å². The van der Waals surface area contributed by atoms with Crippen molar-refractivity contribution in [2.24, 2.45) is 5.10 Å². The minimum absolute atomic E-state index is 0.0306. The van der Waals surface area contributed by atoms with E-state index in [4.69, 9.17) is 0 Å². The highest BCUT2D eigenvalue weighted by Gasteiger charge is 2.27. The number of anilines is 1. The fourth-order valence-corrected chi connectivity index (χ4v) is 2.41. The number of amides is 2. The molecule has 1 aliphatic heterocycles. The van der Waals surface area contributed by atoms with Crippen molar-refractivity contribution in [3.8, 4) is 0 Å². The first-order valence-corrected chi connectivity index (χ1v) is 7.56. The van der Waals surface area contributed by atoms with Gasteiger partial charge in [-0.25, -0.2) is 0 Å². The first-order chi connectivity index (χ1) is 12.8. The summed E-state index contributed by atoms with van der Waals surface area (Å²) >= 11 is 0. The zero-order chi connectivity index (χ0) is 19.6. The van der Waals surface area contributed by atoms with E-state index in [9.17, 15) is 29.8 Å². The quantitative estimate of drug-likeness (QED) is 0.643. The maximum absolute atomic E-state index is 12.3. The number of nitro benzene ring substituents is 2. The maximum atomic E-state index is 12.3. The van der Waals surface area contributed by atoms with E-state index in [1.165, 1.54) is 0 Å². The highest BCUT2D eigenvalue weighted by atomic mass is 16.6. The molecule has 0 fully saturated rings. The van der Waals surface area contributed by atoms with E-state index in [1.54, 1.807) is 30.3 Å². The lowest BCUT2D eigenvalue weighted by Crippen LogP contribution is -2.29. The van der Waals surface area contributed by atoms with E-state index < -0.39 is 27.1 Å². The third-order valence-corrected chi connectivity index (χ3v) is 3.62. The smallest absolute Gasteiger partial charge is 0.277 e. The molecule has 0 radical (unpaired) electrons. The van der Waals surface area contributed by atoms with Gasteiger partial charge in [0.15, 0.2) is 0 Å². The lowest BCUT2D eigenvalue weighted by atomic mass is 10.1. The SMILES string of the molecule is O=C(NC1=NN(c2ccccc2)C(=O)C1)c1cc([N+](=O)[O-])cc([N+](=O)[O-])c1. The zero-order valence-electron chi connectivity index (χ0n) is 13.6. The molecule has 1 N–H and O–H groups in total. The van der Waals surface area contributed by atoms with Gasteiger partial charge in [0.2, 0.25) is 0 Å². The Kier molecular flexibility index (Phi) is 4.58. The van der Waals surface area contributed by atoms with Gasteiger partial charge in [0.25, 0.3) is 23.2 Å². The van der Waals surface area contributed by atoms with E-state index >= 15 is 0 Å². The largest absolute Gasteiger partial charge is 0.308 e. The fourth-order valence-electron chi connectivity index (χ4n) is 2.41. The molecule has 2 amide bonds. The standard InChI is InChI=1S/C16H11N5O6/c22-15-9-14(18-19(15)11-4-2-1-3-5-11)17-16(23)10-6-12(20(24)25)8-13(7-10)21(26)27/h1-8H,9H2,(H,17,18,23). The van der Waals surface area contributed by atoms with Gasteiger partial charge in [-0.2, -0.15) is 10.1 Å².